The van der Waals surface area contributed by atoms with Crippen LogP contribution in [0.5, 0.6) is 5.75 Å². The van der Waals surface area contributed by atoms with E-state index in [1.54, 1.807) is 42.3 Å². The minimum atomic E-state index is -0.247. The molecule has 178 valence electrons. The molecular formula is C27H31N3O4. The molecule has 1 atom stereocenters. The molecule has 3 rings (SSSR count). The van der Waals surface area contributed by atoms with E-state index in [2.05, 4.69) is 18.2 Å². The molecule has 0 fully saturated rings. The molecular weight excluding hydrogens is 430 g/mol. The van der Waals surface area contributed by atoms with E-state index >= 15 is 0 Å². The number of amides is 1. The highest BCUT2D eigenvalue weighted by Crippen LogP contribution is 2.31. The van der Waals surface area contributed by atoms with Gasteiger partial charge in [0.2, 0.25) is 0 Å². The van der Waals surface area contributed by atoms with Crippen molar-refractivity contribution < 1.29 is 19.1 Å². The second-order valence-electron chi connectivity index (χ2n) is 8.42. The zero-order valence-corrected chi connectivity index (χ0v) is 19.7. The number of carbonyl (C=O) groups is 2. The first-order chi connectivity index (χ1) is 16.4. The summed E-state index contributed by atoms with van der Waals surface area (Å²) in [6, 6.07) is 12.4. The molecule has 7 nitrogen and oxygen atoms in total. The molecule has 2 aromatic rings. The minimum Gasteiger partial charge on any atom is -0.493 e. The van der Waals surface area contributed by atoms with Gasteiger partial charge in [-0.1, -0.05) is 31.4 Å². The van der Waals surface area contributed by atoms with Crippen molar-refractivity contribution in [2.75, 3.05) is 32.1 Å². The van der Waals surface area contributed by atoms with Crippen molar-refractivity contribution in [3.05, 3.63) is 59.2 Å². The Bertz CT molecular complexity index is 1070. The van der Waals surface area contributed by atoms with Gasteiger partial charge >= 0.3 is 5.97 Å². The van der Waals surface area contributed by atoms with Crippen molar-refractivity contribution in [3.8, 4) is 18.1 Å². The van der Waals surface area contributed by atoms with Gasteiger partial charge in [0.15, 0.2) is 0 Å². The lowest BCUT2D eigenvalue weighted by Crippen LogP contribution is -2.27. The lowest BCUT2D eigenvalue weighted by molar-refractivity contribution is -0.145. The first-order valence-electron chi connectivity index (χ1n) is 11.5. The van der Waals surface area contributed by atoms with Crippen LogP contribution < -0.4 is 10.1 Å². The summed E-state index contributed by atoms with van der Waals surface area (Å²) < 4.78 is 11.1. The number of hydrogen-bond acceptors (Lipinski definition) is 5. The smallest absolute Gasteiger partial charge is 0.306 e. The summed E-state index contributed by atoms with van der Waals surface area (Å²) in [5, 5.41) is 11.1. The summed E-state index contributed by atoms with van der Waals surface area (Å²) in [4.78, 5) is 26.4. The molecule has 34 heavy (non-hydrogen) atoms. The number of carbonyl (C=O) groups excluding carboxylic acids is 2. The first kappa shape index (κ1) is 24.8. The molecule has 0 saturated heterocycles. The number of fused-ring (bicyclic) bond motifs is 1. The number of benzene rings is 2. The van der Waals surface area contributed by atoms with Gasteiger partial charge < -0.3 is 19.7 Å². The molecule has 2 N–H and O–H groups in total. The highest BCUT2D eigenvalue weighted by atomic mass is 16.5. The van der Waals surface area contributed by atoms with Crippen LogP contribution in [0.15, 0.2) is 42.5 Å². The summed E-state index contributed by atoms with van der Waals surface area (Å²) in [6.45, 7) is 3.32. The van der Waals surface area contributed by atoms with Gasteiger partial charge in [0.1, 0.15) is 11.6 Å². The molecule has 1 unspecified atom stereocenters. The summed E-state index contributed by atoms with van der Waals surface area (Å²) in [5.41, 5.74) is 2.78. The van der Waals surface area contributed by atoms with Crippen LogP contribution in [0.1, 0.15) is 47.7 Å². The van der Waals surface area contributed by atoms with E-state index in [1.165, 1.54) is 0 Å². The van der Waals surface area contributed by atoms with Gasteiger partial charge in [-0.15, -0.1) is 6.42 Å². The predicted molar refractivity (Wildman–Crippen MR) is 132 cm³/mol. The van der Waals surface area contributed by atoms with Crippen LogP contribution in [0.3, 0.4) is 0 Å². The van der Waals surface area contributed by atoms with E-state index < -0.39 is 0 Å². The van der Waals surface area contributed by atoms with Gasteiger partial charge in [-0.3, -0.25) is 15.0 Å². The zero-order valence-electron chi connectivity index (χ0n) is 19.7. The van der Waals surface area contributed by atoms with Crippen LogP contribution in [0.25, 0.3) is 0 Å². The average molecular weight is 462 g/mol. The fourth-order valence-electron chi connectivity index (χ4n) is 3.71. The highest BCUT2D eigenvalue weighted by molar-refractivity contribution is 6.05. The fourth-order valence-corrected chi connectivity index (χ4v) is 3.71. The van der Waals surface area contributed by atoms with E-state index in [-0.39, 0.29) is 17.8 Å². The molecule has 0 spiro atoms. The molecule has 0 saturated carbocycles. The van der Waals surface area contributed by atoms with Gasteiger partial charge in [-0.25, -0.2) is 0 Å². The average Bonchev–Trinajstić information content (AvgIpc) is 2.83. The Morgan fingerprint density at radius 2 is 1.97 bits per heavy atom. The number of amidine groups is 1. The van der Waals surface area contributed by atoms with Crippen molar-refractivity contribution >= 4 is 23.4 Å². The maximum absolute atomic E-state index is 12.7. The highest BCUT2D eigenvalue weighted by Gasteiger charge is 2.23. The van der Waals surface area contributed by atoms with Crippen LogP contribution in [-0.4, -0.2) is 49.4 Å². The Morgan fingerprint density at radius 3 is 2.68 bits per heavy atom. The van der Waals surface area contributed by atoms with Crippen LogP contribution in [0.4, 0.5) is 5.69 Å². The van der Waals surface area contributed by atoms with Gasteiger partial charge in [-0.2, -0.15) is 0 Å². The van der Waals surface area contributed by atoms with E-state index in [0.717, 1.165) is 24.2 Å². The third-order valence-electron chi connectivity index (χ3n) is 5.65. The molecule has 7 heteroatoms. The largest absolute Gasteiger partial charge is 0.493 e. The zero-order chi connectivity index (χ0) is 24.5. The van der Waals surface area contributed by atoms with Crippen molar-refractivity contribution in [2.45, 2.75) is 32.6 Å². The minimum absolute atomic E-state index is 0.0445. The van der Waals surface area contributed by atoms with Crippen LogP contribution in [-0.2, 0) is 16.0 Å². The molecule has 1 aliphatic rings. The molecule has 0 radical (unpaired) electrons. The second kappa shape index (κ2) is 11.9. The SMILES string of the molecule is C#CCN(C)C(=N)c1ccc(C(=O)Nc2ccc3c(c2)CC(CC(=O)OCCCC)CO3)cc1. The molecule has 0 bridgehead atoms. The first-order valence-corrected chi connectivity index (χ1v) is 11.5. The monoisotopic (exact) mass is 461 g/mol. The van der Waals surface area contributed by atoms with Gasteiger partial charge in [-0.05, 0) is 48.7 Å². The van der Waals surface area contributed by atoms with Crippen molar-refractivity contribution in [1.82, 2.24) is 4.90 Å². The van der Waals surface area contributed by atoms with Gasteiger partial charge in [0, 0.05) is 29.8 Å². The normalized spacial score (nSPS) is 14.2. The van der Waals surface area contributed by atoms with Crippen LogP contribution in [0.2, 0.25) is 0 Å². The summed E-state index contributed by atoms with van der Waals surface area (Å²) in [7, 11) is 1.75. The number of esters is 1. The Labute approximate surface area is 201 Å². The quantitative estimate of drug-likeness (QED) is 0.193. The van der Waals surface area contributed by atoms with Crippen molar-refractivity contribution in [1.29, 1.82) is 5.41 Å². The number of rotatable bonds is 9. The molecule has 0 aromatic heterocycles. The number of ether oxygens (including phenoxy) is 2. The number of nitrogens with one attached hydrogen (secondary N) is 2. The Hall–Kier alpha value is -3.79. The maximum atomic E-state index is 12.7. The van der Waals surface area contributed by atoms with Crippen molar-refractivity contribution in [2.24, 2.45) is 5.92 Å². The third kappa shape index (κ3) is 6.61. The molecule has 0 aliphatic carbocycles. The number of unbranched alkanes of at least 4 members (excludes halogenated alkanes) is 1. The fraction of sp³-hybridized carbons (Fsp3) is 0.370. The van der Waals surface area contributed by atoms with E-state index in [1.807, 2.05) is 12.1 Å². The number of terminal acetylenes is 1. The maximum Gasteiger partial charge on any atom is 0.306 e. The molecule has 1 amide bonds. The molecule has 1 aliphatic heterocycles. The second-order valence-corrected chi connectivity index (χ2v) is 8.42. The number of anilines is 1. The van der Waals surface area contributed by atoms with E-state index in [4.69, 9.17) is 21.3 Å². The molecule has 2 aromatic carbocycles. The standard InChI is InChI=1S/C27H31N3O4/c1-4-6-14-33-25(31)16-19-15-22-17-23(11-12-24(22)34-18-19)29-27(32)21-9-7-20(8-10-21)26(28)30(3)13-5-2/h2,7-12,17,19,28H,4,6,13-16,18H2,1,3H3,(H,29,32). The number of hydrogen-bond donors (Lipinski definition) is 2. The van der Waals surface area contributed by atoms with Gasteiger partial charge in [0.25, 0.3) is 5.91 Å². The Morgan fingerprint density at radius 1 is 1.24 bits per heavy atom. The van der Waals surface area contributed by atoms with E-state index in [0.29, 0.717) is 55.3 Å². The lowest BCUT2D eigenvalue weighted by atomic mass is 9.93. The topological polar surface area (TPSA) is 91.7 Å². The Kier molecular flexibility index (Phi) is 8.69. The lowest BCUT2D eigenvalue weighted by Gasteiger charge is -2.25. The molecule has 1 heterocycles. The van der Waals surface area contributed by atoms with Crippen LogP contribution in [0, 0.1) is 23.7 Å². The summed E-state index contributed by atoms with van der Waals surface area (Å²) in [6.07, 6.45) is 8.16. The third-order valence-corrected chi connectivity index (χ3v) is 5.65. The van der Waals surface area contributed by atoms with Crippen LogP contribution >= 0.6 is 0 Å². The summed E-state index contributed by atoms with van der Waals surface area (Å²) >= 11 is 0. The summed E-state index contributed by atoms with van der Waals surface area (Å²) in [5.74, 6) is 3.17. The van der Waals surface area contributed by atoms with Gasteiger partial charge in [0.05, 0.1) is 26.2 Å². The van der Waals surface area contributed by atoms with E-state index in [9.17, 15) is 9.59 Å². The number of nitrogens with zero attached hydrogens (tertiary/aromatic N) is 1. The Balaban J connectivity index is 1.60. The predicted octanol–water partition coefficient (Wildman–Crippen LogP) is 4.11. The van der Waals surface area contributed by atoms with Crippen molar-refractivity contribution in [3.63, 3.8) is 0 Å².